The highest BCUT2D eigenvalue weighted by molar-refractivity contribution is 7.99. The molecule has 150 valence electrons. The Kier molecular flexibility index (Phi) is 7.16. The summed E-state index contributed by atoms with van der Waals surface area (Å²) in [4.78, 5) is 35.9. The highest BCUT2D eigenvalue weighted by atomic mass is 32.2. The monoisotopic (exact) mass is 404 g/mol. The molecule has 0 atom stereocenters. The summed E-state index contributed by atoms with van der Waals surface area (Å²) >= 11 is 1.28. The van der Waals surface area contributed by atoms with E-state index in [1.807, 2.05) is 20.8 Å². The lowest BCUT2D eigenvalue weighted by molar-refractivity contribution is -0.121. The summed E-state index contributed by atoms with van der Waals surface area (Å²) in [5, 5.41) is 16.4. The fourth-order valence-electron chi connectivity index (χ4n) is 2.16. The number of carbonyl (C=O) groups excluding carboxylic acids is 3. The molecule has 2 rings (SSSR count). The lowest BCUT2D eigenvalue weighted by Crippen LogP contribution is -2.45. The van der Waals surface area contributed by atoms with Crippen LogP contribution in [0.15, 0.2) is 35.7 Å². The largest absolute Gasteiger partial charge is 0.350 e. The van der Waals surface area contributed by atoms with Crippen molar-refractivity contribution in [2.24, 2.45) is 7.05 Å². The van der Waals surface area contributed by atoms with Crippen molar-refractivity contribution >= 4 is 35.2 Å². The van der Waals surface area contributed by atoms with Crippen molar-refractivity contribution in [3.8, 4) is 0 Å². The van der Waals surface area contributed by atoms with Gasteiger partial charge in [-0.3, -0.25) is 14.4 Å². The van der Waals surface area contributed by atoms with Crippen molar-refractivity contribution in [3.05, 3.63) is 36.2 Å². The van der Waals surface area contributed by atoms with Crippen LogP contribution in [-0.2, 0) is 16.6 Å². The summed E-state index contributed by atoms with van der Waals surface area (Å²) in [5.74, 6) is -0.619. The molecule has 1 heterocycles. The van der Waals surface area contributed by atoms with Crippen molar-refractivity contribution in [2.75, 3.05) is 17.6 Å². The van der Waals surface area contributed by atoms with E-state index in [2.05, 4.69) is 26.1 Å². The number of benzene rings is 1. The molecule has 0 spiro atoms. The Morgan fingerprint density at radius 3 is 2.36 bits per heavy atom. The van der Waals surface area contributed by atoms with Crippen molar-refractivity contribution in [1.29, 1.82) is 0 Å². The highest BCUT2D eigenvalue weighted by Gasteiger charge is 2.15. The van der Waals surface area contributed by atoms with E-state index in [0.717, 1.165) is 0 Å². The minimum absolute atomic E-state index is 0.103. The number of hydrogen-bond acceptors (Lipinski definition) is 6. The van der Waals surface area contributed by atoms with Crippen LogP contribution < -0.4 is 16.0 Å². The number of thioether (sulfide) groups is 1. The third-order valence-electron chi connectivity index (χ3n) is 3.36. The Morgan fingerprint density at radius 1 is 1.11 bits per heavy atom. The summed E-state index contributed by atoms with van der Waals surface area (Å²) in [7, 11) is 1.80. The molecule has 0 aliphatic heterocycles. The van der Waals surface area contributed by atoms with Gasteiger partial charge in [-0.2, -0.15) is 0 Å². The predicted molar refractivity (Wildman–Crippen MR) is 107 cm³/mol. The summed E-state index contributed by atoms with van der Waals surface area (Å²) in [5.41, 5.74) is 0.618. The average Bonchev–Trinajstić information content (AvgIpc) is 3.02. The van der Waals surface area contributed by atoms with Gasteiger partial charge in [0, 0.05) is 23.8 Å². The van der Waals surface area contributed by atoms with Crippen LogP contribution in [0.4, 0.5) is 5.69 Å². The first-order valence-corrected chi connectivity index (χ1v) is 9.58. The van der Waals surface area contributed by atoms with Gasteiger partial charge >= 0.3 is 0 Å². The van der Waals surface area contributed by atoms with Crippen molar-refractivity contribution in [3.63, 3.8) is 0 Å². The van der Waals surface area contributed by atoms with Gasteiger partial charge in [0.25, 0.3) is 5.91 Å². The average molecular weight is 404 g/mol. The Bertz CT molecular complexity index is 842. The minimum Gasteiger partial charge on any atom is -0.350 e. The Hall–Kier alpha value is -2.88. The van der Waals surface area contributed by atoms with Crippen LogP contribution in [0, 0.1) is 0 Å². The van der Waals surface area contributed by atoms with E-state index in [4.69, 9.17) is 0 Å². The van der Waals surface area contributed by atoms with E-state index < -0.39 is 0 Å². The Balaban J connectivity index is 1.80. The second kappa shape index (κ2) is 9.36. The summed E-state index contributed by atoms with van der Waals surface area (Å²) in [6.45, 7) is 5.50. The molecular formula is C18H24N6O3S. The van der Waals surface area contributed by atoms with E-state index in [0.29, 0.717) is 16.4 Å². The predicted octanol–water partition coefficient (Wildman–Crippen LogP) is 1.19. The molecule has 0 radical (unpaired) electrons. The van der Waals surface area contributed by atoms with Gasteiger partial charge in [0.05, 0.1) is 12.3 Å². The number of nitrogens with one attached hydrogen (secondary N) is 3. The molecule has 2 aromatic rings. The minimum atomic E-state index is -0.361. The molecule has 1 aromatic carbocycles. The van der Waals surface area contributed by atoms with Gasteiger partial charge < -0.3 is 20.5 Å². The van der Waals surface area contributed by atoms with Crippen LogP contribution in [-0.4, -0.2) is 50.3 Å². The fraction of sp³-hybridized carbons (Fsp3) is 0.389. The Morgan fingerprint density at radius 2 is 1.79 bits per heavy atom. The SMILES string of the molecule is Cn1cnnc1SCC(=O)Nc1ccc(C(=O)NCC(=O)NC(C)(C)C)cc1. The molecule has 0 saturated carbocycles. The zero-order valence-electron chi connectivity index (χ0n) is 16.3. The summed E-state index contributed by atoms with van der Waals surface area (Å²) in [6.07, 6.45) is 1.57. The van der Waals surface area contributed by atoms with Crippen LogP contribution >= 0.6 is 11.8 Å². The number of rotatable bonds is 7. The van der Waals surface area contributed by atoms with Crippen LogP contribution in [0.25, 0.3) is 0 Å². The number of amides is 3. The first-order valence-electron chi connectivity index (χ1n) is 8.60. The van der Waals surface area contributed by atoms with E-state index in [1.165, 1.54) is 11.8 Å². The first kappa shape index (κ1) is 21.4. The number of anilines is 1. The quantitative estimate of drug-likeness (QED) is 0.597. The zero-order chi connectivity index (χ0) is 20.7. The molecule has 0 fully saturated rings. The molecule has 3 N–H and O–H groups in total. The number of aromatic nitrogens is 3. The maximum Gasteiger partial charge on any atom is 0.251 e. The van der Waals surface area contributed by atoms with Crippen LogP contribution in [0.3, 0.4) is 0 Å². The molecule has 0 aliphatic rings. The number of aryl methyl sites for hydroxylation is 1. The van der Waals surface area contributed by atoms with Crippen molar-refractivity contribution < 1.29 is 14.4 Å². The third kappa shape index (κ3) is 7.03. The second-order valence-corrected chi connectivity index (χ2v) is 8.06. The number of hydrogen-bond donors (Lipinski definition) is 3. The lowest BCUT2D eigenvalue weighted by Gasteiger charge is -2.20. The van der Waals surface area contributed by atoms with Gasteiger partial charge in [0.15, 0.2) is 5.16 Å². The van der Waals surface area contributed by atoms with E-state index in [-0.39, 0.29) is 35.6 Å². The van der Waals surface area contributed by atoms with Gasteiger partial charge in [-0.25, -0.2) is 0 Å². The Labute approximate surface area is 167 Å². The van der Waals surface area contributed by atoms with Crippen LogP contribution in [0.5, 0.6) is 0 Å². The molecule has 3 amide bonds. The summed E-state index contributed by atoms with van der Waals surface area (Å²) in [6, 6.07) is 6.44. The lowest BCUT2D eigenvalue weighted by atomic mass is 10.1. The van der Waals surface area contributed by atoms with Crippen LogP contribution in [0.1, 0.15) is 31.1 Å². The van der Waals surface area contributed by atoms with Gasteiger partial charge in [-0.15, -0.1) is 10.2 Å². The molecule has 10 heteroatoms. The molecular weight excluding hydrogens is 380 g/mol. The second-order valence-electron chi connectivity index (χ2n) is 7.12. The maximum atomic E-state index is 12.1. The third-order valence-corrected chi connectivity index (χ3v) is 4.39. The molecule has 28 heavy (non-hydrogen) atoms. The highest BCUT2D eigenvalue weighted by Crippen LogP contribution is 2.15. The van der Waals surface area contributed by atoms with E-state index >= 15 is 0 Å². The summed E-state index contributed by atoms with van der Waals surface area (Å²) < 4.78 is 1.73. The van der Waals surface area contributed by atoms with Crippen LogP contribution in [0.2, 0.25) is 0 Å². The number of nitrogens with zero attached hydrogens (tertiary/aromatic N) is 3. The standard InChI is InChI=1S/C18H24N6O3S/c1-18(2,3)22-14(25)9-19-16(27)12-5-7-13(8-6-12)21-15(26)10-28-17-23-20-11-24(17)4/h5-8,11H,9-10H2,1-4H3,(H,19,27)(H,21,26)(H,22,25). The topological polar surface area (TPSA) is 118 Å². The molecule has 9 nitrogen and oxygen atoms in total. The smallest absolute Gasteiger partial charge is 0.251 e. The maximum absolute atomic E-state index is 12.1. The molecule has 1 aromatic heterocycles. The van der Waals surface area contributed by atoms with Gasteiger partial charge in [-0.1, -0.05) is 11.8 Å². The molecule has 0 saturated heterocycles. The number of carbonyl (C=O) groups is 3. The zero-order valence-corrected chi connectivity index (χ0v) is 17.1. The normalized spacial score (nSPS) is 11.0. The fourth-order valence-corrected chi connectivity index (χ4v) is 2.85. The van der Waals surface area contributed by atoms with Gasteiger partial charge in [0.2, 0.25) is 11.8 Å². The van der Waals surface area contributed by atoms with Crippen molar-refractivity contribution in [1.82, 2.24) is 25.4 Å². The molecule has 0 bridgehead atoms. The first-order chi connectivity index (χ1) is 13.1. The van der Waals surface area contributed by atoms with Gasteiger partial charge in [0.1, 0.15) is 6.33 Å². The van der Waals surface area contributed by atoms with E-state index in [1.54, 1.807) is 42.2 Å². The van der Waals surface area contributed by atoms with E-state index in [9.17, 15) is 14.4 Å². The molecule has 0 aliphatic carbocycles. The van der Waals surface area contributed by atoms with Gasteiger partial charge in [-0.05, 0) is 45.0 Å². The molecule has 0 unspecified atom stereocenters. The van der Waals surface area contributed by atoms with Crippen molar-refractivity contribution in [2.45, 2.75) is 31.5 Å².